The maximum Gasteiger partial charge on any atom is 0.0632 e. The van der Waals surface area contributed by atoms with Gasteiger partial charge in [-0.1, -0.05) is 12.8 Å². The molecule has 1 fully saturated rings. The van der Waals surface area contributed by atoms with Gasteiger partial charge in [-0.05, 0) is 12.8 Å². The predicted molar refractivity (Wildman–Crippen MR) is 51.2 cm³/mol. The van der Waals surface area contributed by atoms with Crippen LogP contribution in [-0.4, -0.2) is 16.0 Å². The van der Waals surface area contributed by atoms with E-state index in [1.807, 2.05) is 6.20 Å². The molecule has 3 nitrogen and oxygen atoms in total. The van der Waals surface area contributed by atoms with Crippen molar-refractivity contribution >= 4 is 0 Å². The quantitative estimate of drug-likeness (QED) is 0.706. The molecule has 0 amide bonds. The predicted octanol–water partition coefficient (Wildman–Crippen LogP) is 1.46. The van der Waals surface area contributed by atoms with Gasteiger partial charge in [0, 0.05) is 30.6 Å². The zero-order valence-electron chi connectivity index (χ0n) is 7.69. The fourth-order valence-electron chi connectivity index (χ4n) is 2.03. The van der Waals surface area contributed by atoms with Gasteiger partial charge >= 0.3 is 0 Å². The van der Waals surface area contributed by atoms with Crippen LogP contribution in [0.5, 0.6) is 0 Å². The third-order valence-corrected chi connectivity index (χ3v) is 2.78. The molecule has 2 unspecified atom stereocenters. The molecule has 70 valence electrons. The van der Waals surface area contributed by atoms with Crippen molar-refractivity contribution in [2.24, 2.45) is 5.73 Å². The first-order chi connectivity index (χ1) is 6.38. The zero-order valence-corrected chi connectivity index (χ0v) is 7.69. The summed E-state index contributed by atoms with van der Waals surface area (Å²) in [5.74, 6) is 0.433. The van der Waals surface area contributed by atoms with Gasteiger partial charge in [0.2, 0.25) is 0 Å². The molecule has 0 aromatic carbocycles. The summed E-state index contributed by atoms with van der Waals surface area (Å²) in [5.41, 5.74) is 7.11. The Kier molecular flexibility index (Phi) is 2.54. The van der Waals surface area contributed by atoms with Crippen LogP contribution in [0.3, 0.4) is 0 Å². The normalized spacial score (nSPS) is 28.7. The molecule has 2 rings (SSSR count). The van der Waals surface area contributed by atoms with E-state index in [-0.39, 0.29) is 6.04 Å². The van der Waals surface area contributed by atoms with E-state index in [9.17, 15) is 0 Å². The zero-order chi connectivity index (χ0) is 9.10. The van der Waals surface area contributed by atoms with Gasteiger partial charge in [-0.15, -0.1) is 0 Å². The highest BCUT2D eigenvalue weighted by atomic mass is 14.8. The van der Waals surface area contributed by atoms with Crippen molar-refractivity contribution in [1.82, 2.24) is 9.97 Å². The van der Waals surface area contributed by atoms with Gasteiger partial charge in [-0.25, -0.2) is 0 Å². The van der Waals surface area contributed by atoms with E-state index in [1.54, 1.807) is 12.4 Å². The second kappa shape index (κ2) is 3.83. The van der Waals surface area contributed by atoms with E-state index in [0.29, 0.717) is 5.92 Å². The van der Waals surface area contributed by atoms with E-state index >= 15 is 0 Å². The van der Waals surface area contributed by atoms with Crippen molar-refractivity contribution in [2.45, 2.75) is 37.6 Å². The number of nitrogens with two attached hydrogens (primary N) is 1. The molecular formula is C10H15N3. The minimum Gasteiger partial charge on any atom is -0.327 e. The number of aromatic nitrogens is 2. The van der Waals surface area contributed by atoms with E-state index in [4.69, 9.17) is 5.73 Å². The van der Waals surface area contributed by atoms with E-state index < -0.39 is 0 Å². The largest absolute Gasteiger partial charge is 0.327 e. The van der Waals surface area contributed by atoms with Crippen LogP contribution in [0.2, 0.25) is 0 Å². The van der Waals surface area contributed by atoms with Crippen LogP contribution in [-0.2, 0) is 0 Å². The fourth-order valence-corrected chi connectivity index (χ4v) is 2.03. The Labute approximate surface area is 78.4 Å². The second-order valence-electron chi connectivity index (χ2n) is 3.69. The third-order valence-electron chi connectivity index (χ3n) is 2.78. The Morgan fingerprint density at radius 2 is 2.08 bits per heavy atom. The Balaban J connectivity index is 2.15. The smallest absolute Gasteiger partial charge is 0.0632 e. The highest BCUT2D eigenvalue weighted by Gasteiger charge is 2.24. The SMILES string of the molecule is NC1CCCCC1c1cnccn1. The van der Waals surface area contributed by atoms with Gasteiger partial charge in [0.1, 0.15) is 0 Å². The van der Waals surface area contributed by atoms with Crippen molar-refractivity contribution in [3.8, 4) is 0 Å². The molecule has 1 aromatic heterocycles. The standard InChI is InChI=1S/C10H15N3/c11-9-4-2-1-3-8(9)10-7-12-5-6-13-10/h5-9H,1-4,11H2. The Morgan fingerprint density at radius 3 is 2.77 bits per heavy atom. The first-order valence-corrected chi connectivity index (χ1v) is 4.89. The van der Waals surface area contributed by atoms with Gasteiger partial charge < -0.3 is 5.73 Å². The van der Waals surface area contributed by atoms with Gasteiger partial charge in [-0.3, -0.25) is 9.97 Å². The molecule has 1 aliphatic carbocycles. The molecular weight excluding hydrogens is 162 g/mol. The summed E-state index contributed by atoms with van der Waals surface area (Å²) in [5, 5.41) is 0. The third kappa shape index (κ3) is 1.86. The molecule has 2 atom stereocenters. The molecule has 1 saturated carbocycles. The number of hydrogen-bond donors (Lipinski definition) is 1. The minimum absolute atomic E-state index is 0.283. The lowest BCUT2D eigenvalue weighted by molar-refractivity contribution is 0.379. The summed E-state index contributed by atoms with van der Waals surface area (Å²) >= 11 is 0. The number of hydrogen-bond acceptors (Lipinski definition) is 3. The van der Waals surface area contributed by atoms with Crippen molar-refractivity contribution in [3.63, 3.8) is 0 Å². The molecule has 0 spiro atoms. The molecule has 0 aliphatic heterocycles. The maximum atomic E-state index is 6.04. The Morgan fingerprint density at radius 1 is 1.23 bits per heavy atom. The average molecular weight is 177 g/mol. The van der Waals surface area contributed by atoms with Crippen LogP contribution >= 0.6 is 0 Å². The van der Waals surface area contributed by atoms with Crippen LogP contribution in [0.1, 0.15) is 37.3 Å². The van der Waals surface area contributed by atoms with E-state index in [2.05, 4.69) is 9.97 Å². The van der Waals surface area contributed by atoms with Crippen LogP contribution in [0.15, 0.2) is 18.6 Å². The molecule has 3 heteroatoms. The monoisotopic (exact) mass is 177 g/mol. The van der Waals surface area contributed by atoms with Gasteiger partial charge in [-0.2, -0.15) is 0 Å². The second-order valence-corrected chi connectivity index (χ2v) is 3.69. The molecule has 0 bridgehead atoms. The van der Waals surface area contributed by atoms with Gasteiger partial charge in [0.25, 0.3) is 0 Å². The maximum absolute atomic E-state index is 6.04. The Hall–Kier alpha value is -0.960. The molecule has 13 heavy (non-hydrogen) atoms. The summed E-state index contributed by atoms with van der Waals surface area (Å²) in [4.78, 5) is 8.39. The van der Waals surface area contributed by atoms with Crippen LogP contribution in [0.4, 0.5) is 0 Å². The lowest BCUT2D eigenvalue weighted by Gasteiger charge is -2.27. The summed E-state index contributed by atoms with van der Waals surface area (Å²) in [6.07, 6.45) is 10.1. The lowest BCUT2D eigenvalue weighted by Crippen LogP contribution is -2.31. The molecule has 0 saturated heterocycles. The first-order valence-electron chi connectivity index (χ1n) is 4.89. The first kappa shape index (κ1) is 8.63. The molecule has 1 aliphatic rings. The molecule has 1 heterocycles. The molecule has 2 N–H and O–H groups in total. The number of nitrogens with zero attached hydrogens (tertiary/aromatic N) is 2. The average Bonchev–Trinajstić information content (AvgIpc) is 2.20. The fraction of sp³-hybridized carbons (Fsp3) is 0.600. The van der Waals surface area contributed by atoms with Gasteiger partial charge in [0.05, 0.1) is 5.69 Å². The van der Waals surface area contributed by atoms with Gasteiger partial charge in [0.15, 0.2) is 0 Å². The molecule has 1 aromatic rings. The number of rotatable bonds is 1. The summed E-state index contributed by atoms with van der Waals surface area (Å²) in [6.45, 7) is 0. The molecule has 0 radical (unpaired) electrons. The summed E-state index contributed by atoms with van der Waals surface area (Å²) < 4.78 is 0. The van der Waals surface area contributed by atoms with E-state index in [0.717, 1.165) is 12.1 Å². The summed E-state index contributed by atoms with van der Waals surface area (Å²) in [7, 11) is 0. The van der Waals surface area contributed by atoms with Crippen molar-refractivity contribution in [3.05, 3.63) is 24.3 Å². The summed E-state index contributed by atoms with van der Waals surface area (Å²) in [6, 6.07) is 0.283. The Bertz CT molecular complexity index is 260. The van der Waals surface area contributed by atoms with Crippen molar-refractivity contribution in [1.29, 1.82) is 0 Å². The highest BCUT2D eigenvalue weighted by Crippen LogP contribution is 2.29. The van der Waals surface area contributed by atoms with Crippen LogP contribution in [0, 0.1) is 0 Å². The van der Waals surface area contributed by atoms with E-state index in [1.165, 1.54) is 19.3 Å². The van der Waals surface area contributed by atoms with Crippen molar-refractivity contribution < 1.29 is 0 Å². The minimum atomic E-state index is 0.283. The highest BCUT2D eigenvalue weighted by molar-refractivity contribution is 5.08. The van der Waals surface area contributed by atoms with Crippen molar-refractivity contribution in [2.75, 3.05) is 0 Å². The topological polar surface area (TPSA) is 51.8 Å². The van der Waals surface area contributed by atoms with Crippen LogP contribution < -0.4 is 5.73 Å². The van der Waals surface area contributed by atoms with Crippen LogP contribution in [0.25, 0.3) is 0 Å². The lowest BCUT2D eigenvalue weighted by atomic mass is 9.83.